The van der Waals surface area contributed by atoms with Gasteiger partial charge < -0.3 is 5.73 Å². The topological polar surface area (TPSA) is 107 Å². The average Bonchev–Trinajstić information content (AvgIpc) is 2.78. The molecule has 1 aromatic carbocycles. The molecule has 3 rings (SSSR count). The molecule has 0 atom stereocenters. The van der Waals surface area contributed by atoms with Gasteiger partial charge in [0.15, 0.2) is 5.82 Å². The molecular weight excluding hydrogens is 292 g/mol. The number of aromatic nitrogens is 4. The molecule has 1 aromatic heterocycles. The van der Waals surface area contributed by atoms with Crippen LogP contribution < -0.4 is 5.73 Å². The van der Waals surface area contributed by atoms with E-state index < -0.39 is 10.0 Å². The molecule has 2 N–H and O–H groups in total. The van der Waals surface area contributed by atoms with Crippen molar-refractivity contribution in [2.75, 3.05) is 25.1 Å². The molecule has 0 bridgehead atoms. The Hall–Kier alpha value is -2.00. The predicted molar refractivity (Wildman–Crippen MR) is 77.5 cm³/mol. The van der Waals surface area contributed by atoms with Gasteiger partial charge in [-0.15, -0.1) is 15.0 Å². The molecule has 0 unspecified atom stereocenters. The fourth-order valence-electron chi connectivity index (χ4n) is 2.12. The maximum absolute atomic E-state index is 11.3. The third kappa shape index (κ3) is 2.61. The zero-order chi connectivity index (χ0) is 15.2. The maximum atomic E-state index is 11.3. The van der Waals surface area contributed by atoms with E-state index in [1.165, 1.54) is 15.4 Å². The molecule has 0 spiro atoms. The number of nitrogens with two attached hydrogens (primary N) is 1. The monoisotopic (exact) mass is 308 g/mol. The fraction of sp³-hybridized carbons (Fsp3) is 0.417. The normalized spacial score (nSPS) is 16.9. The van der Waals surface area contributed by atoms with E-state index in [0.717, 1.165) is 11.3 Å². The van der Waals surface area contributed by atoms with Crippen LogP contribution in [0, 0.1) is 6.92 Å². The van der Waals surface area contributed by atoms with Crippen molar-refractivity contribution in [1.29, 1.82) is 0 Å². The summed E-state index contributed by atoms with van der Waals surface area (Å²) < 4.78 is 24.1. The highest BCUT2D eigenvalue weighted by Gasteiger charge is 2.36. The van der Waals surface area contributed by atoms with Gasteiger partial charge in [0, 0.05) is 18.8 Å². The predicted octanol–water partition coefficient (Wildman–Crippen LogP) is -0.0883. The number of aryl methyl sites for hydroxylation is 1. The lowest BCUT2D eigenvalue weighted by molar-refractivity contribution is 0.257. The third-order valence-corrected chi connectivity index (χ3v) is 4.84. The van der Waals surface area contributed by atoms with Gasteiger partial charge in [0.05, 0.1) is 17.9 Å². The third-order valence-electron chi connectivity index (χ3n) is 3.61. The number of anilines is 1. The van der Waals surface area contributed by atoms with Crippen molar-refractivity contribution in [2.45, 2.75) is 12.8 Å². The number of nitrogens with zero attached hydrogens (tertiary/aromatic N) is 5. The second-order valence-electron chi connectivity index (χ2n) is 5.25. The molecule has 112 valence electrons. The zero-order valence-electron chi connectivity index (χ0n) is 11.8. The molecule has 2 aromatic rings. The maximum Gasteiger partial charge on any atom is 0.211 e. The number of sulfonamides is 1. The Morgan fingerprint density at radius 1 is 1.33 bits per heavy atom. The number of hydrogen-bond acceptors (Lipinski definition) is 6. The van der Waals surface area contributed by atoms with Crippen LogP contribution in [0.2, 0.25) is 0 Å². The molecule has 0 amide bonds. The molecule has 1 fully saturated rings. The Balaban J connectivity index is 1.77. The van der Waals surface area contributed by atoms with Crippen molar-refractivity contribution in [2.24, 2.45) is 0 Å². The Kier molecular flexibility index (Phi) is 3.18. The second kappa shape index (κ2) is 4.78. The largest absolute Gasteiger partial charge is 0.398 e. The number of hydrogen-bond donors (Lipinski definition) is 1. The van der Waals surface area contributed by atoms with Crippen molar-refractivity contribution in [3.05, 3.63) is 29.6 Å². The summed E-state index contributed by atoms with van der Waals surface area (Å²) in [5.41, 5.74) is 8.25. The summed E-state index contributed by atoms with van der Waals surface area (Å²) in [5.74, 6) is 0.547. The zero-order valence-corrected chi connectivity index (χ0v) is 12.6. The van der Waals surface area contributed by atoms with E-state index in [0.29, 0.717) is 24.6 Å². The average molecular weight is 308 g/mol. The van der Waals surface area contributed by atoms with Gasteiger partial charge in [-0.05, 0) is 29.8 Å². The van der Waals surface area contributed by atoms with E-state index >= 15 is 0 Å². The van der Waals surface area contributed by atoms with Crippen molar-refractivity contribution < 1.29 is 8.42 Å². The van der Waals surface area contributed by atoms with Gasteiger partial charge in [-0.25, -0.2) is 12.7 Å². The molecule has 1 aliphatic heterocycles. The molecule has 2 heterocycles. The van der Waals surface area contributed by atoms with E-state index in [4.69, 9.17) is 5.73 Å². The van der Waals surface area contributed by atoms with Gasteiger partial charge in [0.1, 0.15) is 0 Å². The SMILES string of the molecule is Cc1ccc(-n2nnc(C3CN(S(C)(=O)=O)C3)n2)cc1N. The summed E-state index contributed by atoms with van der Waals surface area (Å²) in [6.45, 7) is 2.73. The first-order chi connectivity index (χ1) is 9.84. The fourth-order valence-corrected chi connectivity index (χ4v) is 3.02. The summed E-state index contributed by atoms with van der Waals surface area (Å²) in [7, 11) is -3.13. The first kappa shape index (κ1) is 14.0. The van der Waals surface area contributed by atoms with Gasteiger partial charge in [0.25, 0.3) is 0 Å². The van der Waals surface area contributed by atoms with Crippen LogP contribution in [-0.2, 0) is 10.0 Å². The minimum Gasteiger partial charge on any atom is -0.398 e. The van der Waals surface area contributed by atoms with Gasteiger partial charge >= 0.3 is 0 Å². The summed E-state index contributed by atoms with van der Waals surface area (Å²) in [5, 5.41) is 12.3. The highest BCUT2D eigenvalue weighted by molar-refractivity contribution is 7.88. The van der Waals surface area contributed by atoms with Gasteiger partial charge in [-0.2, -0.15) is 0 Å². The van der Waals surface area contributed by atoms with E-state index in [1.807, 2.05) is 19.1 Å². The lowest BCUT2D eigenvalue weighted by Crippen LogP contribution is -2.48. The lowest BCUT2D eigenvalue weighted by atomic mass is 10.0. The molecular formula is C12H16N6O2S. The van der Waals surface area contributed by atoms with Gasteiger partial charge in [-0.3, -0.25) is 0 Å². The minimum atomic E-state index is -3.13. The van der Waals surface area contributed by atoms with Crippen molar-refractivity contribution in [3.63, 3.8) is 0 Å². The lowest BCUT2D eigenvalue weighted by Gasteiger charge is -2.34. The van der Waals surface area contributed by atoms with Crippen LogP contribution in [0.3, 0.4) is 0 Å². The van der Waals surface area contributed by atoms with Crippen LogP contribution in [0.15, 0.2) is 18.2 Å². The highest BCUT2D eigenvalue weighted by atomic mass is 32.2. The molecule has 21 heavy (non-hydrogen) atoms. The highest BCUT2D eigenvalue weighted by Crippen LogP contribution is 2.26. The Bertz CT molecular complexity index is 779. The molecule has 9 heteroatoms. The van der Waals surface area contributed by atoms with E-state index in [9.17, 15) is 8.42 Å². The minimum absolute atomic E-state index is 0.00345. The first-order valence-electron chi connectivity index (χ1n) is 6.46. The molecule has 0 aliphatic carbocycles. The quantitative estimate of drug-likeness (QED) is 0.794. The van der Waals surface area contributed by atoms with Crippen LogP contribution in [-0.4, -0.2) is 52.3 Å². The van der Waals surface area contributed by atoms with Crippen molar-refractivity contribution in [1.82, 2.24) is 24.5 Å². The molecule has 1 aliphatic rings. The molecule has 0 saturated carbocycles. The summed E-state index contributed by atoms with van der Waals surface area (Å²) in [4.78, 5) is 1.41. The number of benzene rings is 1. The Morgan fingerprint density at radius 3 is 2.67 bits per heavy atom. The molecule has 8 nitrogen and oxygen atoms in total. The van der Waals surface area contributed by atoms with Gasteiger partial charge in [0.2, 0.25) is 10.0 Å². The molecule has 0 radical (unpaired) electrons. The van der Waals surface area contributed by atoms with Crippen LogP contribution in [0.5, 0.6) is 0 Å². The first-order valence-corrected chi connectivity index (χ1v) is 8.31. The van der Waals surface area contributed by atoms with E-state index in [1.54, 1.807) is 6.07 Å². The standard InChI is InChI=1S/C12H16N6O2S/c1-8-3-4-10(5-11(8)13)18-15-12(14-16-18)9-6-17(7-9)21(2,19)20/h3-5,9H,6-7,13H2,1-2H3. The second-order valence-corrected chi connectivity index (χ2v) is 7.24. The van der Waals surface area contributed by atoms with E-state index in [-0.39, 0.29) is 5.92 Å². The Morgan fingerprint density at radius 2 is 2.05 bits per heavy atom. The van der Waals surface area contributed by atoms with Crippen molar-refractivity contribution >= 4 is 15.7 Å². The van der Waals surface area contributed by atoms with E-state index in [2.05, 4.69) is 15.4 Å². The van der Waals surface area contributed by atoms with Crippen LogP contribution in [0.1, 0.15) is 17.3 Å². The van der Waals surface area contributed by atoms with Crippen LogP contribution >= 0.6 is 0 Å². The Labute approximate surface area is 122 Å². The van der Waals surface area contributed by atoms with Crippen LogP contribution in [0.4, 0.5) is 5.69 Å². The van der Waals surface area contributed by atoms with Crippen LogP contribution in [0.25, 0.3) is 5.69 Å². The van der Waals surface area contributed by atoms with Gasteiger partial charge in [-0.1, -0.05) is 6.07 Å². The smallest absolute Gasteiger partial charge is 0.211 e. The van der Waals surface area contributed by atoms with Crippen molar-refractivity contribution in [3.8, 4) is 5.69 Å². The number of rotatable bonds is 3. The number of nitrogen functional groups attached to an aromatic ring is 1. The molecule has 1 saturated heterocycles. The summed E-state index contributed by atoms with van der Waals surface area (Å²) in [6, 6.07) is 5.54. The summed E-state index contributed by atoms with van der Waals surface area (Å²) in [6.07, 6.45) is 1.20. The number of tetrazole rings is 1. The summed E-state index contributed by atoms with van der Waals surface area (Å²) >= 11 is 0.